The summed E-state index contributed by atoms with van der Waals surface area (Å²) >= 11 is 0. The average Bonchev–Trinajstić information content (AvgIpc) is 3.17. The van der Waals surface area contributed by atoms with Crippen molar-refractivity contribution in [2.24, 2.45) is 5.41 Å². The van der Waals surface area contributed by atoms with E-state index in [0.29, 0.717) is 31.1 Å². The second-order valence-corrected chi connectivity index (χ2v) is 4.46. The van der Waals surface area contributed by atoms with Crippen molar-refractivity contribution >= 4 is 11.9 Å². The fraction of sp³-hybridized carbons (Fsp3) is 0.727. The van der Waals surface area contributed by atoms with Crippen molar-refractivity contribution < 1.29 is 9.84 Å². The fourth-order valence-corrected chi connectivity index (χ4v) is 1.58. The molecule has 1 heterocycles. The first-order chi connectivity index (χ1) is 8.71. The first kappa shape index (κ1) is 12.8. The van der Waals surface area contributed by atoms with Crippen molar-refractivity contribution in [1.82, 2.24) is 15.0 Å². The van der Waals surface area contributed by atoms with E-state index in [0.717, 1.165) is 12.8 Å². The Kier molecular flexibility index (Phi) is 3.81. The normalized spacial score (nSPS) is 16.2. The zero-order chi connectivity index (χ0) is 13.0. The van der Waals surface area contributed by atoms with Crippen molar-refractivity contribution in [1.29, 1.82) is 0 Å². The number of aliphatic hydroxyl groups is 1. The molecule has 0 bridgehead atoms. The molecule has 0 amide bonds. The van der Waals surface area contributed by atoms with Crippen LogP contribution in [0.3, 0.4) is 0 Å². The van der Waals surface area contributed by atoms with Crippen LogP contribution < -0.4 is 15.4 Å². The first-order valence-corrected chi connectivity index (χ1v) is 6.13. The minimum atomic E-state index is 0.0121. The molecule has 0 unspecified atom stereocenters. The van der Waals surface area contributed by atoms with E-state index in [1.165, 1.54) is 0 Å². The van der Waals surface area contributed by atoms with Gasteiger partial charge in [-0.2, -0.15) is 15.0 Å². The highest BCUT2D eigenvalue weighted by atomic mass is 16.5. The average molecular weight is 253 g/mol. The van der Waals surface area contributed by atoms with Crippen molar-refractivity contribution in [3.63, 3.8) is 0 Å². The maximum Gasteiger partial charge on any atom is 0.323 e. The van der Waals surface area contributed by atoms with Gasteiger partial charge in [0.15, 0.2) is 0 Å². The van der Waals surface area contributed by atoms with E-state index in [1.807, 2.05) is 6.92 Å². The van der Waals surface area contributed by atoms with E-state index in [1.54, 1.807) is 7.05 Å². The number of hydrogen-bond acceptors (Lipinski definition) is 7. The van der Waals surface area contributed by atoms with Gasteiger partial charge in [0.05, 0.1) is 13.2 Å². The van der Waals surface area contributed by atoms with Crippen LogP contribution >= 0.6 is 0 Å². The second kappa shape index (κ2) is 5.34. The van der Waals surface area contributed by atoms with Crippen LogP contribution in [0.25, 0.3) is 0 Å². The van der Waals surface area contributed by atoms with Gasteiger partial charge in [-0.05, 0) is 19.8 Å². The minimum absolute atomic E-state index is 0.0121. The molecule has 7 nitrogen and oxygen atoms in total. The molecule has 2 rings (SSSR count). The highest BCUT2D eigenvalue weighted by Crippen LogP contribution is 2.44. The molecule has 1 fully saturated rings. The molecule has 1 saturated carbocycles. The molecule has 0 radical (unpaired) electrons. The number of rotatable bonds is 7. The van der Waals surface area contributed by atoms with Crippen LogP contribution in [0.4, 0.5) is 11.9 Å². The number of nitrogens with zero attached hydrogens (tertiary/aromatic N) is 3. The van der Waals surface area contributed by atoms with Crippen molar-refractivity contribution in [2.75, 3.05) is 37.4 Å². The first-order valence-electron chi connectivity index (χ1n) is 6.13. The largest absolute Gasteiger partial charge is 0.464 e. The lowest BCUT2D eigenvalue weighted by molar-refractivity contribution is 0.219. The number of aliphatic hydroxyl groups excluding tert-OH is 1. The summed E-state index contributed by atoms with van der Waals surface area (Å²) < 4.78 is 5.27. The van der Waals surface area contributed by atoms with Crippen LogP contribution in [0.15, 0.2) is 0 Å². The summed E-state index contributed by atoms with van der Waals surface area (Å²) in [6, 6.07) is 0.299. The van der Waals surface area contributed by atoms with E-state index in [2.05, 4.69) is 25.6 Å². The Hall–Kier alpha value is -1.63. The summed E-state index contributed by atoms with van der Waals surface area (Å²) in [7, 11) is 1.74. The Balaban J connectivity index is 2.04. The van der Waals surface area contributed by atoms with Gasteiger partial charge in [-0.1, -0.05) is 0 Å². The highest BCUT2D eigenvalue weighted by molar-refractivity contribution is 5.35. The fourth-order valence-electron chi connectivity index (χ4n) is 1.58. The summed E-state index contributed by atoms with van der Waals surface area (Å²) in [4.78, 5) is 12.4. The zero-order valence-corrected chi connectivity index (χ0v) is 10.7. The molecule has 0 aliphatic heterocycles. The maximum absolute atomic E-state index is 9.24. The van der Waals surface area contributed by atoms with Gasteiger partial charge in [-0.15, -0.1) is 0 Å². The van der Waals surface area contributed by atoms with Gasteiger partial charge in [-0.25, -0.2) is 0 Å². The van der Waals surface area contributed by atoms with Crippen molar-refractivity contribution in [3.8, 4) is 6.01 Å². The second-order valence-electron chi connectivity index (χ2n) is 4.46. The van der Waals surface area contributed by atoms with Crippen LogP contribution in [0.5, 0.6) is 6.01 Å². The van der Waals surface area contributed by atoms with Crippen molar-refractivity contribution in [3.05, 3.63) is 0 Å². The topological polar surface area (TPSA) is 92.2 Å². The predicted octanol–water partition coefficient (Wildman–Crippen LogP) is 0.496. The molecule has 1 aliphatic rings. The quantitative estimate of drug-likeness (QED) is 0.651. The summed E-state index contributed by atoms with van der Waals surface area (Å²) in [5.74, 6) is 0.933. The third kappa shape index (κ3) is 2.98. The van der Waals surface area contributed by atoms with E-state index in [4.69, 9.17) is 4.74 Å². The van der Waals surface area contributed by atoms with Crippen molar-refractivity contribution in [2.45, 2.75) is 19.8 Å². The Morgan fingerprint density at radius 2 is 2.00 bits per heavy atom. The molecule has 0 aromatic carbocycles. The van der Waals surface area contributed by atoms with Gasteiger partial charge >= 0.3 is 6.01 Å². The smallest absolute Gasteiger partial charge is 0.323 e. The van der Waals surface area contributed by atoms with E-state index in [-0.39, 0.29) is 12.0 Å². The standard InChI is InChI=1S/C11H19N5O2/c1-3-18-10-15-8(12-2)14-9(16-10)13-6-11(7-17)4-5-11/h17H,3-7H2,1-2H3,(H2,12,13,14,15,16). The minimum Gasteiger partial charge on any atom is -0.464 e. The molecule has 100 valence electrons. The molecule has 1 aromatic heterocycles. The third-order valence-electron chi connectivity index (χ3n) is 3.03. The monoisotopic (exact) mass is 253 g/mol. The van der Waals surface area contributed by atoms with E-state index >= 15 is 0 Å². The molecule has 0 spiro atoms. The van der Waals surface area contributed by atoms with Crippen LogP contribution in [0.1, 0.15) is 19.8 Å². The molecule has 1 aromatic rings. The maximum atomic E-state index is 9.24. The molecule has 0 atom stereocenters. The van der Waals surface area contributed by atoms with Gasteiger partial charge in [0.1, 0.15) is 0 Å². The van der Waals surface area contributed by atoms with Crippen LogP contribution in [0.2, 0.25) is 0 Å². The molecule has 0 saturated heterocycles. The van der Waals surface area contributed by atoms with Crippen LogP contribution in [-0.4, -0.2) is 46.9 Å². The number of hydrogen-bond donors (Lipinski definition) is 3. The molecular weight excluding hydrogens is 234 g/mol. The Morgan fingerprint density at radius 1 is 1.28 bits per heavy atom. The Bertz CT molecular complexity index is 408. The Labute approximate surface area is 106 Å². The zero-order valence-electron chi connectivity index (χ0n) is 10.7. The summed E-state index contributed by atoms with van der Waals surface area (Å²) in [6.45, 7) is 3.25. The van der Waals surface area contributed by atoms with Gasteiger partial charge in [-0.3, -0.25) is 0 Å². The molecular formula is C11H19N5O2. The third-order valence-corrected chi connectivity index (χ3v) is 3.03. The van der Waals surface area contributed by atoms with Gasteiger partial charge < -0.3 is 20.5 Å². The number of nitrogens with one attached hydrogen (secondary N) is 2. The van der Waals surface area contributed by atoms with E-state index < -0.39 is 0 Å². The lowest BCUT2D eigenvalue weighted by Gasteiger charge is -2.13. The van der Waals surface area contributed by atoms with Gasteiger partial charge in [0, 0.05) is 19.0 Å². The van der Waals surface area contributed by atoms with Gasteiger partial charge in [0.2, 0.25) is 11.9 Å². The van der Waals surface area contributed by atoms with Gasteiger partial charge in [0.25, 0.3) is 0 Å². The summed E-state index contributed by atoms with van der Waals surface area (Å²) in [5.41, 5.74) is 0.0121. The Morgan fingerprint density at radius 3 is 2.56 bits per heavy atom. The van der Waals surface area contributed by atoms with Crippen LogP contribution in [-0.2, 0) is 0 Å². The predicted molar refractivity (Wildman–Crippen MR) is 67.8 cm³/mol. The highest BCUT2D eigenvalue weighted by Gasteiger charge is 2.41. The van der Waals surface area contributed by atoms with Crippen LogP contribution in [0, 0.1) is 5.41 Å². The molecule has 3 N–H and O–H groups in total. The SMILES string of the molecule is CCOc1nc(NC)nc(NCC2(CO)CC2)n1. The summed E-state index contributed by atoms with van der Waals surface area (Å²) in [6.07, 6.45) is 2.08. The lowest BCUT2D eigenvalue weighted by Crippen LogP contribution is -2.20. The molecule has 18 heavy (non-hydrogen) atoms. The number of anilines is 2. The van der Waals surface area contributed by atoms with E-state index in [9.17, 15) is 5.11 Å². The number of ether oxygens (including phenoxy) is 1. The molecule has 7 heteroatoms. The summed E-state index contributed by atoms with van der Waals surface area (Å²) in [5, 5.41) is 15.2. The lowest BCUT2D eigenvalue weighted by atomic mass is 10.1. The molecule has 1 aliphatic carbocycles. The number of aromatic nitrogens is 3.